The first-order valence-electron chi connectivity index (χ1n) is 9.93. The maximum Gasteiger partial charge on any atom is 1.00 e. The first-order chi connectivity index (χ1) is 15.4. The van der Waals surface area contributed by atoms with Crippen LogP contribution in [0.1, 0.15) is 30.6 Å². The molecular weight excluding hydrogens is 460 g/mol. The topological polar surface area (TPSA) is 80.7 Å². The van der Waals surface area contributed by atoms with Crippen molar-refractivity contribution in [3.63, 3.8) is 0 Å². The van der Waals surface area contributed by atoms with E-state index in [9.17, 15) is 14.3 Å². The van der Waals surface area contributed by atoms with Crippen LogP contribution in [0.4, 0.5) is 4.39 Å². The Morgan fingerprint density at radius 3 is 2.52 bits per heavy atom. The van der Waals surface area contributed by atoms with E-state index in [0.717, 1.165) is 17.3 Å². The summed E-state index contributed by atoms with van der Waals surface area (Å²) >= 11 is 6.30. The fourth-order valence-corrected chi connectivity index (χ4v) is 3.40. The van der Waals surface area contributed by atoms with Crippen molar-refractivity contribution in [2.45, 2.75) is 26.1 Å². The van der Waals surface area contributed by atoms with Gasteiger partial charge in [0.1, 0.15) is 18.2 Å². The first kappa shape index (κ1) is 27.1. The molecule has 0 saturated heterocycles. The molecule has 0 unspecified atom stereocenters. The third-order valence-electron chi connectivity index (χ3n) is 4.74. The summed E-state index contributed by atoms with van der Waals surface area (Å²) in [5.41, 5.74) is 2.29. The van der Waals surface area contributed by atoms with Crippen molar-refractivity contribution in [2.75, 3.05) is 13.7 Å². The van der Waals surface area contributed by atoms with Gasteiger partial charge in [-0.25, -0.2) is 9.37 Å². The van der Waals surface area contributed by atoms with Crippen molar-refractivity contribution in [1.82, 2.24) is 4.98 Å². The van der Waals surface area contributed by atoms with Crippen molar-refractivity contribution in [2.24, 2.45) is 0 Å². The molecule has 0 bridgehead atoms. The summed E-state index contributed by atoms with van der Waals surface area (Å²) in [6, 6.07) is 13.7. The summed E-state index contributed by atoms with van der Waals surface area (Å²) in [6.45, 7) is 2.41. The number of pyridine rings is 1. The third kappa shape index (κ3) is 7.42. The molecular formula is C24H22ClFNNaO5. The van der Waals surface area contributed by atoms with Gasteiger partial charge in [0, 0.05) is 41.2 Å². The summed E-state index contributed by atoms with van der Waals surface area (Å²) in [6.07, 6.45) is 0.286. The average molecular weight is 482 g/mol. The van der Waals surface area contributed by atoms with Crippen LogP contribution < -0.4 is 44.1 Å². The molecule has 168 valence electrons. The van der Waals surface area contributed by atoms with Gasteiger partial charge in [0.15, 0.2) is 0 Å². The number of rotatable bonds is 10. The molecule has 0 aliphatic rings. The van der Waals surface area contributed by atoms with Gasteiger partial charge in [-0.1, -0.05) is 29.8 Å². The molecule has 1 aromatic heterocycles. The molecule has 0 spiro atoms. The Morgan fingerprint density at radius 1 is 1.15 bits per heavy atom. The maximum atomic E-state index is 14.3. The second-order valence-corrected chi connectivity index (χ2v) is 7.31. The smallest absolute Gasteiger partial charge is 0.550 e. The second-order valence-electron chi connectivity index (χ2n) is 6.90. The zero-order chi connectivity index (χ0) is 23.1. The second kappa shape index (κ2) is 12.9. The predicted molar refractivity (Wildman–Crippen MR) is 116 cm³/mol. The van der Waals surface area contributed by atoms with Crippen LogP contribution in [0.25, 0.3) is 11.1 Å². The molecule has 0 N–H and O–H groups in total. The van der Waals surface area contributed by atoms with Crippen molar-refractivity contribution >= 4 is 17.6 Å². The van der Waals surface area contributed by atoms with Gasteiger partial charge in [-0.2, -0.15) is 0 Å². The molecule has 0 saturated carbocycles. The first-order valence-corrected chi connectivity index (χ1v) is 10.3. The number of carbonyl (C=O) groups excluding carboxylic acids is 1. The molecule has 1 heterocycles. The van der Waals surface area contributed by atoms with Gasteiger partial charge in [-0.05, 0) is 42.3 Å². The number of benzene rings is 2. The Hall–Kier alpha value is -2.16. The number of aliphatic carboxylic acids is 1. The number of hydrogen-bond acceptors (Lipinski definition) is 6. The van der Waals surface area contributed by atoms with E-state index < -0.39 is 17.9 Å². The Bertz CT molecular complexity index is 1080. The molecule has 6 nitrogen and oxygen atoms in total. The Morgan fingerprint density at radius 2 is 1.88 bits per heavy atom. The van der Waals surface area contributed by atoms with E-state index in [2.05, 4.69) is 4.98 Å². The fraction of sp³-hybridized carbons (Fsp3) is 0.250. The molecule has 3 rings (SSSR count). The number of halogens is 2. The van der Waals surface area contributed by atoms with E-state index in [0.29, 0.717) is 22.9 Å². The van der Waals surface area contributed by atoms with Gasteiger partial charge >= 0.3 is 29.6 Å². The third-order valence-corrected chi connectivity index (χ3v) is 5.07. The number of carboxylic acids is 1. The van der Waals surface area contributed by atoms with Crippen LogP contribution in [-0.4, -0.2) is 24.7 Å². The minimum absolute atomic E-state index is 0. The molecule has 0 radical (unpaired) electrons. The van der Waals surface area contributed by atoms with Gasteiger partial charge in [-0.15, -0.1) is 0 Å². The Kier molecular flexibility index (Phi) is 10.6. The predicted octanol–water partition coefficient (Wildman–Crippen LogP) is 1.35. The number of methoxy groups -OCH3 is 1. The van der Waals surface area contributed by atoms with Crippen LogP contribution in [0.5, 0.6) is 11.6 Å². The van der Waals surface area contributed by atoms with E-state index in [4.69, 9.17) is 25.8 Å². The fourth-order valence-electron chi connectivity index (χ4n) is 3.18. The molecule has 3 aromatic rings. The molecule has 2 aromatic carbocycles. The normalized spacial score (nSPS) is 11.4. The van der Waals surface area contributed by atoms with Crippen LogP contribution in [0.2, 0.25) is 5.02 Å². The van der Waals surface area contributed by atoms with Crippen LogP contribution >= 0.6 is 11.6 Å². The van der Waals surface area contributed by atoms with Crippen LogP contribution in [0.3, 0.4) is 0 Å². The van der Waals surface area contributed by atoms with Gasteiger partial charge in [0.25, 0.3) is 0 Å². The number of aromatic nitrogens is 1. The largest absolute Gasteiger partial charge is 1.00 e. The summed E-state index contributed by atoms with van der Waals surface area (Å²) in [5.74, 6) is -0.818. The van der Waals surface area contributed by atoms with E-state index in [1.54, 1.807) is 49.4 Å². The van der Waals surface area contributed by atoms with Gasteiger partial charge in [-0.3, -0.25) is 0 Å². The monoisotopic (exact) mass is 481 g/mol. The molecule has 33 heavy (non-hydrogen) atoms. The molecule has 0 amide bonds. The Labute approximate surface area is 218 Å². The molecule has 0 fully saturated rings. The maximum absolute atomic E-state index is 14.3. The summed E-state index contributed by atoms with van der Waals surface area (Å²) in [7, 11) is 1.45. The minimum Gasteiger partial charge on any atom is -0.550 e. The van der Waals surface area contributed by atoms with Gasteiger partial charge < -0.3 is 24.1 Å². The molecule has 1 atom stereocenters. The average Bonchev–Trinajstić information content (AvgIpc) is 2.79. The number of nitrogens with zero attached hydrogens (tertiary/aromatic N) is 1. The summed E-state index contributed by atoms with van der Waals surface area (Å²) in [4.78, 5) is 14.8. The number of hydrogen-bond donors (Lipinski definition) is 0. The zero-order valence-electron chi connectivity index (χ0n) is 18.6. The summed E-state index contributed by atoms with van der Waals surface area (Å²) < 4.78 is 30.7. The Balaban J connectivity index is 0.00000385. The van der Waals surface area contributed by atoms with Crippen molar-refractivity contribution < 1.29 is 58.1 Å². The summed E-state index contributed by atoms with van der Waals surface area (Å²) in [5, 5.41) is 11.3. The van der Waals surface area contributed by atoms with Crippen LogP contribution in [0, 0.1) is 5.82 Å². The van der Waals surface area contributed by atoms with E-state index in [-0.39, 0.29) is 54.0 Å². The SMILES string of the molecule is CCO[C@@H](CC(=O)[O-])c1ccc(OCc2ccc(Cl)c(-c3cc(OC)ncc3F)c2)cc1.[Na+]. The molecule has 0 aliphatic heterocycles. The van der Waals surface area contributed by atoms with Crippen molar-refractivity contribution in [3.8, 4) is 22.8 Å². The standard InChI is InChI=1S/C24H23ClFNO5.Na/c1-3-31-22(12-24(28)29)16-5-7-17(8-6-16)32-14-15-4-9-20(25)18(10-15)19-11-23(30-2)27-13-21(19)26;/h4-11,13,22H,3,12,14H2,1-2H3,(H,28,29);/q;+1/p-1/t22-;/m0./s1. The van der Waals surface area contributed by atoms with Gasteiger partial charge in [0.05, 0.1) is 19.4 Å². The number of carboxylic acid groups (broad SMARTS) is 1. The van der Waals surface area contributed by atoms with E-state index in [1.165, 1.54) is 13.2 Å². The molecule has 9 heteroatoms. The van der Waals surface area contributed by atoms with E-state index in [1.807, 2.05) is 0 Å². The van der Waals surface area contributed by atoms with Gasteiger partial charge in [0.2, 0.25) is 5.88 Å². The van der Waals surface area contributed by atoms with Crippen molar-refractivity contribution in [3.05, 3.63) is 76.7 Å². The number of ether oxygens (including phenoxy) is 3. The van der Waals surface area contributed by atoms with E-state index >= 15 is 0 Å². The zero-order valence-corrected chi connectivity index (χ0v) is 21.4. The minimum atomic E-state index is -1.18. The van der Waals surface area contributed by atoms with Crippen molar-refractivity contribution in [1.29, 1.82) is 0 Å². The van der Waals surface area contributed by atoms with Crippen LogP contribution in [0.15, 0.2) is 54.7 Å². The molecule has 0 aliphatic carbocycles. The van der Waals surface area contributed by atoms with Crippen LogP contribution in [-0.2, 0) is 16.1 Å². The number of carbonyl (C=O) groups is 1. The quantitative estimate of drug-likeness (QED) is 0.407.